The summed E-state index contributed by atoms with van der Waals surface area (Å²) in [5.74, 6) is -2.40. The van der Waals surface area contributed by atoms with E-state index in [4.69, 9.17) is 4.98 Å². The van der Waals surface area contributed by atoms with Crippen molar-refractivity contribution in [2.75, 3.05) is 26.2 Å². The molecule has 12 heteroatoms. The molecule has 6 rings (SSSR count). The largest absolute Gasteiger partial charge is 0.354 e. The number of amides is 4. The van der Waals surface area contributed by atoms with Crippen LogP contribution in [0.5, 0.6) is 0 Å². The SMILES string of the molecule is CC(C)(CC(=O)NCCN1C(=O)C=CC1=O)C(NC(=O)c1ccccc1C1CCNC1)c1nc(-c2cc(F)ccc2F)cn1Cc1ccccc1. The predicted molar refractivity (Wildman–Crippen MR) is 187 cm³/mol. The van der Waals surface area contributed by atoms with Gasteiger partial charge < -0.3 is 20.5 Å². The third-order valence-electron chi connectivity index (χ3n) is 9.40. The summed E-state index contributed by atoms with van der Waals surface area (Å²) in [5, 5.41) is 9.34. The third-order valence-corrected chi connectivity index (χ3v) is 9.40. The minimum absolute atomic E-state index is 0.00779. The van der Waals surface area contributed by atoms with Gasteiger partial charge in [-0.15, -0.1) is 0 Å². The van der Waals surface area contributed by atoms with E-state index < -0.39 is 34.9 Å². The topological polar surface area (TPSA) is 125 Å². The van der Waals surface area contributed by atoms with Crippen LogP contribution in [0.3, 0.4) is 0 Å². The number of hydrogen-bond donors (Lipinski definition) is 3. The Bertz CT molecular complexity index is 1950. The number of halogens is 2. The van der Waals surface area contributed by atoms with Gasteiger partial charge in [-0.25, -0.2) is 13.8 Å². The van der Waals surface area contributed by atoms with E-state index in [9.17, 15) is 23.6 Å². The van der Waals surface area contributed by atoms with E-state index in [1.54, 1.807) is 22.9 Å². The van der Waals surface area contributed by atoms with Crippen LogP contribution in [-0.4, -0.2) is 64.3 Å². The highest BCUT2D eigenvalue weighted by atomic mass is 19.1. The van der Waals surface area contributed by atoms with Gasteiger partial charge in [0.25, 0.3) is 17.7 Å². The fourth-order valence-corrected chi connectivity index (χ4v) is 6.73. The summed E-state index contributed by atoms with van der Waals surface area (Å²) in [5.41, 5.74) is 1.45. The first-order valence-corrected chi connectivity index (χ1v) is 17.0. The number of carbonyl (C=O) groups excluding carboxylic acids is 4. The van der Waals surface area contributed by atoms with Crippen molar-refractivity contribution in [2.45, 2.75) is 45.2 Å². The van der Waals surface area contributed by atoms with Gasteiger partial charge in [0.05, 0.1) is 11.7 Å². The fraction of sp³-hybridized carbons (Fsp3) is 0.308. The van der Waals surface area contributed by atoms with E-state index in [0.717, 1.165) is 53.7 Å². The molecule has 2 aliphatic rings. The van der Waals surface area contributed by atoms with Gasteiger partial charge in [0, 0.05) is 67.5 Å². The Morgan fingerprint density at radius 1 is 1.00 bits per heavy atom. The Morgan fingerprint density at radius 2 is 1.73 bits per heavy atom. The molecular formula is C39H40F2N6O4. The lowest BCUT2D eigenvalue weighted by Gasteiger charge is -2.35. The molecule has 2 atom stereocenters. The van der Waals surface area contributed by atoms with Gasteiger partial charge in [0.15, 0.2) is 0 Å². The molecule has 3 aromatic carbocycles. The van der Waals surface area contributed by atoms with Crippen molar-refractivity contribution in [3.8, 4) is 11.3 Å². The first-order chi connectivity index (χ1) is 24.5. The maximum Gasteiger partial charge on any atom is 0.253 e. The average Bonchev–Trinajstić information content (AvgIpc) is 3.86. The van der Waals surface area contributed by atoms with Crippen LogP contribution in [-0.2, 0) is 20.9 Å². The molecule has 2 unspecified atom stereocenters. The lowest BCUT2D eigenvalue weighted by atomic mass is 9.79. The van der Waals surface area contributed by atoms with Gasteiger partial charge in [0.1, 0.15) is 17.5 Å². The summed E-state index contributed by atoms with van der Waals surface area (Å²) >= 11 is 0. The number of carbonyl (C=O) groups is 4. The minimum atomic E-state index is -0.998. The van der Waals surface area contributed by atoms with E-state index >= 15 is 4.39 Å². The zero-order valence-corrected chi connectivity index (χ0v) is 28.5. The highest BCUT2D eigenvalue weighted by Gasteiger charge is 2.39. The quantitative estimate of drug-likeness (QED) is 0.172. The molecule has 1 aromatic heterocycles. The second kappa shape index (κ2) is 15.2. The normalized spacial score (nSPS) is 16.5. The second-order valence-corrected chi connectivity index (χ2v) is 13.6. The van der Waals surface area contributed by atoms with Gasteiger partial charge in [0.2, 0.25) is 5.91 Å². The summed E-state index contributed by atoms with van der Waals surface area (Å²) in [6, 6.07) is 19.2. The van der Waals surface area contributed by atoms with Gasteiger partial charge >= 0.3 is 0 Å². The molecule has 2 aliphatic heterocycles. The summed E-state index contributed by atoms with van der Waals surface area (Å²) in [7, 11) is 0. The van der Waals surface area contributed by atoms with Crippen molar-refractivity contribution in [3.63, 3.8) is 0 Å². The molecule has 1 saturated heterocycles. The van der Waals surface area contributed by atoms with Gasteiger partial charge in [-0.05, 0) is 54.3 Å². The molecule has 264 valence electrons. The summed E-state index contributed by atoms with van der Waals surface area (Å²) in [6.07, 6.45) is 4.79. The van der Waals surface area contributed by atoms with E-state index in [-0.39, 0.29) is 48.5 Å². The van der Waals surface area contributed by atoms with Crippen molar-refractivity contribution >= 4 is 23.6 Å². The molecule has 4 aromatic rings. The lowest BCUT2D eigenvalue weighted by molar-refractivity contribution is -0.137. The molecule has 0 saturated carbocycles. The van der Waals surface area contributed by atoms with Crippen LogP contribution >= 0.6 is 0 Å². The van der Waals surface area contributed by atoms with E-state index in [1.165, 1.54) is 12.2 Å². The van der Waals surface area contributed by atoms with Gasteiger partial charge in [-0.2, -0.15) is 0 Å². The standard InChI is InChI=1S/C39H40F2N6O4/c1-39(2,21-33(48)43-18-19-47-34(49)14-15-35(47)50)36(45-38(51)29-11-7-6-10-28(29)26-16-17-42-22-26)37-44-32(30-20-27(40)12-13-31(30)41)24-46(37)23-25-8-4-3-5-9-25/h3-15,20,24,26,36,42H,16-19,21-23H2,1-2H3,(H,43,48)(H,45,51). The molecule has 3 heterocycles. The maximum absolute atomic E-state index is 15.1. The number of imidazole rings is 1. The first-order valence-electron chi connectivity index (χ1n) is 17.0. The number of nitrogens with zero attached hydrogens (tertiary/aromatic N) is 3. The molecular weight excluding hydrogens is 654 g/mol. The van der Waals surface area contributed by atoms with Crippen molar-refractivity contribution < 1.29 is 28.0 Å². The summed E-state index contributed by atoms with van der Waals surface area (Å²) in [4.78, 5) is 57.6. The van der Waals surface area contributed by atoms with Crippen LogP contribution in [0.4, 0.5) is 8.78 Å². The maximum atomic E-state index is 15.1. The molecule has 1 fully saturated rings. The molecule has 0 aliphatic carbocycles. The highest BCUT2D eigenvalue weighted by molar-refractivity contribution is 6.12. The fourth-order valence-electron chi connectivity index (χ4n) is 6.73. The van der Waals surface area contributed by atoms with Crippen LogP contribution < -0.4 is 16.0 Å². The van der Waals surface area contributed by atoms with Crippen molar-refractivity contribution in [3.05, 3.63) is 125 Å². The minimum Gasteiger partial charge on any atom is -0.354 e. The molecule has 0 bridgehead atoms. The summed E-state index contributed by atoms with van der Waals surface area (Å²) < 4.78 is 31.3. The molecule has 3 N–H and O–H groups in total. The van der Waals surface area contributed by atoms with Crippen LogP contribution in [0.15, 0.2) is 91.1 Å². The number of rotatable bonds is 13. The van der Waals surface area contributed by atoms with Gasteiger partial charge in [-0.3, -0.25) is 24.1 Å². The van der Waals surface area contributed by atoms with Crippen LogP contribution in [0.1, 0.15) is 66.0 Å². The second-order valence-electron chi connectivity index (χ2n) is 13.6. The molecule has 0 radical (unpaired) electrons. The lowest BCUT2D eigenvalue weighted by Crippen LogP contribution is -2.44. The summed E-state index contributed by atoms with van der Waals surface area (Å²) in [6.45, 7) is 5.59. The monoisotopic (exact) mass is 694 g/mol. The van der Waals surface area contributed by atoms with Crippen LogP contribution in [0.2, 0.25) is 0 Å². The Morgan fingerprint density at radius 3 is 2.45 bits per heavy atom. The Kier molecular flexibility index (Phi) is 10.5. The Hall–Kier alpha value is -5.49. The predicted octanol–water partition coefficient (Wildman–Crippen LogP) is 4.88. The molecule has 10 nitrogen and oxygen atoms in total. The highest BCUT2D eigenvalue weighted by Crippen LogP contribution is 2.39. The van der Waals surface area contributed by atoms with Crippen molar-refractivity contribution in [1.29, 1.82) is 0 Å². The van der Waals surface area contributed by atoms with E-state index in [2.05, 4.69) is 16.0 Å². The number of nitrogens with one attached hydrogen (secondary N) is 3. The van der Waals surface area contributed by atoms with Gasteiger partial charge in [-0.1, -0.05) is 62.4 Å². The Balaban J connectivity index is 1.36. The van der Waals surface area contributed by atoms with Crippen molar-refractivity contribution in [2.24, 2.45) is 5.41 Å². The Labute approximate surface area is 294 Å². The first kappa shape index (κ1) is 35.3. The number of hydrogen-bond acceptors (Lipinski definition) is 6. The zero-order valence-electron chi connectivity index (χ0n) is 28.5. The van der Waals surface area contributed by atoms with Crippen LogP contribution in [0.25, 0.3) is 11.3 Å². The smallest absolute Gasteiger partial charge is 0.253 e. The molecule has 0 spiro atoms. The molecule has 4 amide bonds. The van der Waals surface area contributed by atoms with Crippen LogP contribution in [0, 0.1) is 17.0 Å². The third kappa shape index (κ3) is 8.12. The zero-order chi connectivity index (χ0) is 36.1. The average molecular weight is 695 g/mol. The molecule has 51 heavy (non-hydrogen) atoms. The van der Waals surface area contributed by atoms with E-state index in [0.29, 0.717) is 17.9 Å². The number of benzene rings is 3. The van der Waals surface area contributed by atoms with E-state index in [1.807, 2.05) is 56.3 Å². The van der Waals surface area contributed by atoms with Crippen molar-refractivity contribution in [1.82, 2.24) is 30.4 Å². The number of aromatic nitrogens is 2. The number of imide groups is 1.